The predicted octanol–water partition coefficient (Wildman–Crippen LogP) is 22.6. The maximum Gasteiger partial charge on any atom is 0.472 e. The molecule has 3 N–H and O–H groups in total. The molecule has 0 aliphatic heterocycles. The van der Waals surface area contributed by atoms with E-state index in [2.05, 4.69) is 48.5 Å². The minimum absolute atomic E-state index is 0.105. The summed E-state index contributed by atoms with van der Waals surface area (Å²) in [5.41, 5.74) is 0. The van der Waals surface area contributed by atoms with Gasteiger partial charge in [-0.3, -0.25) is 37.3 Å². The topological polar surface area (TPSA) is 237 Å². The number of phosphoric acid groups is 2. The van der Waals surface area contributed by atoms with Gasteiger partial charge in [-0.15, -0.1) is 0 Å². The van der Waals surface area contributed by atoms with E-state index in [1.807, 2.05) is 0 Å². The van der Waals surface area contributed by atoms with Crippen molar-refractivity contribution in [3.05, 3.63) is 0 Å². The van der Waals surface area contributed by atoms with E-state index in [1.165, 1.54) is 205 Å². The van der Waals surface area contributed by atoms with Crippen molar-refractivity contribution in [2.45, 2.75) is 414 Å². The number of hydrogen-bond donors (Lipinski definition) is 3. The second kappa shape index (κ2) is 67.5. The lowest BCUT2D eigenvalue weighted by Crippen LogP contribution is -2.30. The van der Waals surface area contributed by atoms with Crippen LogP contribution in [-0.2, 0) is 65.4 Å². The number of rotatable bonds is 75. The molecule has 0 aromatic carbocycles. The molecule has 0 aliphatic rings. The SMILES string of the molecule is CCCCCCCCCCCCCCC(=O)OC[C@H](COP(=O)(O)OC[C@H](O)COP(=O)(O)OC[C@@H](COC(=O)CCCCCCCCCCCCCC(C)C)OC(=O)CCCCCCCCCCCCCCCCC(C)CC)OC(=O)CCCCCCCCCCC(C)CC. The molecule has 570 valence electrons. The molecule has 4 unspecified atom stereocenters. The van der Waals surface area contributed by atoms with Crippen LogP contribution in [-0.4, -0.2) is 96.7 Å². The molecule has 0 saturated carbocycles. The lowest BCUT2D eigenvalue weighted by atomic mass is 9.99. The fourth-order valence-corrected chi connectivity index (χ4v) is 13.3. The zero-order valence-corrected chi connectivity index (χ0v) is 64.6. The monoisotopic (exact) mass is 1410 g/mol. The summed E-state index contributed by atoms with van der Waals surface area (Å²) in [6.45, 7) is 12.0. The van der Waals surface area contributed by atoms with Crippen molar-refractivity contribution in [1.29, 1.82) is 0 Å². The third-order valence-corrected chi connectivity index (χ3v) is 20.5. The highest BCUT2D eigenvalue weighted by Crippen LogP contribution is 2.45. The zero-order valence-electron chi connectivity index (χ0n) is 62.8. The molecule has 0 rings (SSSR count). The van der Waals surface area contributed by atoms with Crippen LogP contribution in [0.25, 0.3) is 0 Å². The van der Waals surface area contributed by atoms with Gasteiger partial charge in [0.1, 0.15) is 19.3 Å². The third-order valence-electron chi connectivity index (χ3n) is 18.6. The summed E-state index contributed by atoms with van der Waals surface area (Å²) in [7, 11) is -9.91. The van der Waals surface area contributed by atoms with E-state index >= 15 is 0 Å². The summed E-state index contributed by atoms with van der Waals surface area (Å²) < 4.78 is 68.6. The van der Waals surface area contributed by atoms with Gasteiger partial charge >= 0.3 is 39.5 Å². The van der Waals surface area contributed by atoms with E-state index in [0.29, 0.717) is 25.7 Å². The molecule has 0 amide bonds. The van der Waals surface area contributed by atoms with Crippen LogP contribution in [0.15, 0.2) is 0 Å². The van der Waals surface area contributed by atoms with E-state index in [9.17, 15) is 43.2 Å². The molecule has 0 bridgehead atoms. The fraction of sp³-hybridized carbons (Fsp3) is 0.948. The van der Waals surface area contributed by atoms with Gasteiger partial charge < -0.3 is 33.8 Å². The van der Waals surface area contributed by atoms with Crippen LogP contribution in [0, 0.1) is 17.8 Å². The van der Waals surface area contributed by atoms with Gasteiger partial charge in [-0.25, -0.2) is 9.13 Å². The summed E-state index contributed by atoms with van der Waals surface area (Å²) in [4.78, 5) is 72.9. The second-order valence-electron chi connectivity index (χ2n) is 28.7. The van der Waals surface area contributed by atoms with Crippen LogP contribution in [0.5, 0.6) is 0 Å². The second-order valence-corrected chi connectivity index (χ2v) is 31.6. The number of carbonyl (C=O) groups excluding carboxylic acids is 4. The van der Waals surface area contributed by atoms with Crippen LogP contribution in [0.1, 0.15) is 395 Å². The van der Waals surface area contributed by atoms with Crippen molar-refractivity contribution in [3.63, 3.8) is 0 Å². The summed E-state index contributed by atoms with van der Waals surface area (Å²) in [6, 6.07) is 0. The van der Waals surface area contributed by atoms with Crippen molar-refractivity contribution in [3.8, 4) is 0 Å². The highest BCUT2D eigenvalue weighted by molar-refractivity contribution is 7.47. The molecule has 0 fully saturated rings. The van der Waals surface area contributed by atoms with Gasteiger partial charge in [0, 0.05) is 25.7 Å². The molecule has 17 nitrogen and oxygen atoms in total. The van der Waals surface area contributed by atoms with Crippen molar-refractivity contribution in [2.75, 3.05) is 39.6 Å². The van der Waals surface area contributed by atoms with Crippen LogP contribution in [0.4, 0.5) is 0 Å². The summed E-state index contributed by atoms with van der Waals surface area (Å²) >= 11 is 0. The molecule has 0 aromatic heterocycles. The first kappa shape index (κ1) is 94.1. The molecular formula is C77H150O17P2. The summed E-state index contributed by atoms with van der Waals surface area (Å²) in [5.74, 6) is 0.270. The fourth-order valence-electron chi connectivity index (χ4n) is 11.7. The lowest BCUT2D eigenvalue weighted by molar-refractivity contribution is -0.161. The quantitative estimate of drug-likeness (QED) is 0.0222. The molecule has 96 heavy (non-hydrogen) atoms. The number of esters is 4. The molecule has 0 heterocycles. The molecule has 7 atom stereocenters. The normalized spacial score (nSPS) is 14.6. The number of hydrogen-bond acceptors (Lipinski definition) is 15. The Morgan fingerprint density at radius 3 is 0.792 bits per heavy atom. The predicted molar refractivity (Wildman–Crippen MR) is 391 cm³/mol. The highest BCUT2D eigenvalue weighted by Gasteiger charge is 2.30. The van der Waals surface area contributed by atoms with Crippen molar-refractivity contribution in [1.82, 2.24) is 0 Å². The molecule has 0 saturated heterocycles. The Hall–Kier alpha value is -1.94. The van der Waals surface area contributed by atoms with E-state index in [1.54, 1.807) is 0 Å². The van der Waals surface area contributed by atoms with E-state index in [4.69, 9.17) is 37.0 Å². The van der Waals surface area contributed by atoms with Gasteiger partial charge in [-0.05, 0) is 43.4 Å². The first-order chi connectivity index (χ1) is 46.3. The highest BCUT2D eigenvalue weighted by atomic mass is 31.2. The average Bonchev–Trinajstić information content (AvgIpc) is 1.14. The lowest BCUT2D eigenvalue weighted by Gasteiger charge is -2.21. The third kappa shape index (κ3) is 67.9. The van der Waals surface area contributed by atoms with E-state index in [-0.39, 0.29) is 25.7 Å². The Bertz CT molecular complexity index is 1870. The molecular weight excluding hydrogens is 1260 g/mol. The Morgan fingerprint density at radius 1 is 0.302 bits per heavy atom. The Labute approximate surface area is 588 Å². The van der Waals surface area contributed by atoms with E-state index < -0.39 is 97.5 Å². The van der Waals surface area contributed by atoms with Gasteiger partial charge in [0.25, 0.3) is 0 Å². The largest absolute Gasteiger partial charge is 0.472 e. The van der Waals surface area contributed by atoms with E-state index in [0.717, 1.165) is 108 Å². The molecule has 19 heteroatoms. The first-order valence-corrected chi connectivity index (χ1v) is 42.9. The van der Waals surface area contributed by atoms with Gasteiger partial charge in [-0.1, -0.05) is 344 Å². The minimum atomic E-state index is -4.96. The van der Waals surface area contributed by atoms with Gasteiger partial charge in [-0.2, -0.15) is 0 Å². The van der Waals surface area contributed by atoms with Crippen molar-refractivity contribution < 1.29 is 80.2 Å². The minimum Gasteiger partial charge on any atom is -0.462 e. The van der Waals surface area contributed by atoms with Gasteiger partial charge in [0.2, 0.25) is 0 Å². The molecule has 0 radical (unpaired) electrons. The van der Waals surface area contributed by atoms with Crippen LogP contribution < -0.4 is 0 Å². The molecule has 0 aromatic rings. The Balaban J connectivity index is 5.26. The Morgan fingerprint density at radius 2 is 0.531 bits per heavy atom. The molecule has 0 spiro atoms. The number of phosphoric ester groups is 2. The van der Waals surface area contributed by atoms with Crippen molar-refractivity contribution >= 4 is 39.5 Å². The van der Waals surface area contributed by atoms with Crippen LogP contribution in [0.2, 0.25) is 0 Å². The number of aliphatic hydroxyl groups is 1. The maximum atomic E-state index is 13.1. The number of ether oxygens (including phenoxy) is 4. The average molecular weight is 1410 g/mol. The summed E-state index contributed by atoms with van der Waals surface area (Å²) in [5, 5.41) is 10.6. The van der Waals surface area contributed by atoms with Crippen LogP contribution in [0.3, 0.4) is 0 Å². The zero-order chi connectivity index (χ0) is 70.9. The number of unbranched alkanes of at least 4 members (excludes halogenated alkanes) is 41. The number of aliphatic hydroxyl groups excluding tert-OH is 1. The first-order valence-electron chi connectivity index (χ1n) is 39.9. The Kier molecular flexibility index (Phi) is 66.2. The van der Waals surface area contributed by atoms with Gasteiger partial charge in [0.15, 0.2) is 12.2 Å². The van der Waals surface area contributed by atoms with Gasteiger partial charge in [0.05, 0.1) is 26.4 Å². The maximum absolute atomic E-state index is 13.1. The molecule has 0 aliphatic carbocycles. The van der Waals surface area contributed by atoms with Crippen molar-refractivity contribution in [2.24, 2.45) is 17.8 Å². The number of carbonyl (C=O) groups is 4. The van der Waals surface area contributed by atoms with Crippen LogP contribution >= 0.6 is 15.6 Å². The standard InChI is InChI=1S/C77H150O17P2/c1-8-11-12-13-14-15-16-24-29-37-44-51-58-74(79)88-65-73(94-77(82)61-54-47-40-33-32-36-43-50-57-70(7)10-3)67-92-96(85,86)90-63-71(78)62-89-95(83,84)91-66-72(64-87-75(80)59-52-45-38-30-26-21-22-27-34-41-48-55-68(4)5)93-76(81)60-53-46-39-31-25-20-18-17-19-23-28-35-42-49-56-69(6)9-2/h68-73,78H,8-67H2,1-7H3,(H,83,84)(H,85,86)/t69?,70?,71-,72-,73-/m1/s1. The summed E-state index contributed by atoms with van der Waals surface area (Å²) in [6.07, 6.45) is 53.9. The smallest absolute Gasteiger partial charge is 0.462 e.